The van der Waals surface area contributed by atoms with Gasteiger partial charge >= 0.3 is 0 Å². The number of fused-ring (bicyclic) bond motifs is 5. The Bertz CT molecular complexity index is 522. The average molecular weight is 333 g/mol. The molecule has 0 aromatic rings. The van der Waals surface area contributed by atoms with E-state index in [2.05, 4.69) is 19.9 Å². The van der Waals surface area contributed by atoms with Crippen molar-refractivity contribution in [2.75, 3.05) is 7.11 Å². The Morgan fingerprint density at radius 1 is 1.08 bits per heavy atom. The molecule has 0 radical (unpaired) electrons. The van der Waals surface area contributed by atoms with Crippen molar-refractivity contribution in [3.63, 3.8) is 0 Å². The summed E-state index contributed by atoms with van der Waals surface area (Å²) < 4.78 is 5.72. The Labute approximate surface area is 148 Å². The van der Waals surface area contributed by atoms with Gasteiger partial charge in [0.05, 0.1) is 11.7 Å². The fourth-order valence-corrected chi connectivity index (χ4v) is 7.69. The molecule has 4 aliphatic rings. The summed E-state index contributed by atoms with van der Waals surface area (Å²) in [6, 6.07) is 0. The molecule has 2 nitrogen and oxygen atoms in total. The zero-order valence-electron chi connectivity index (χ0n) is 16.1. The minimum Gasteiger partial charge on any atom is -0.387 e. The van der Waals surface area contributed by atoms with Gasteiger partial charge in [-0.2, -0.15) is 0 Å². The van der Waals surface area contributed by atoms with Gasteiger partial charge in [0, 0.05) is 7.11 Å². The fraction of sp³-hybridized carbons (Fsp3) is 0.909. The van der Waals surface area contributed by atoms with Crippen LogP contribution in [0.15, 0.2) is 11.6 Å². The van der Waals surface area contributed by atoms with Crippen LogP contribution < -0.4 is 0 Å². The van der Waals surface area contributed by atoms with Crippen molar-refractivity contribution >= 4 is 0 Å². The molecule has 0 saturated heterocycles. The van der Waals surface area contributed by atoms with E-state index in [-0.39, 0.29) is 6.10 Å². The highest BCUT2D eigenvalue weighted by Gasteiger charge is 2.57. The van der Waals surface area contributed by atoms with E-state index < -0.39 is 5.60 Å². The molecule has 8 atom stereocenters. The minimum absolute atomic E-state index is 0.0282. The van der Waals surface area contributed by atoms with Gasteiger partial charge in [0.25, 0.3) is 0 Å². The maximum atomic E-state index is 10.8. The predicted octanol–water partition coefficient (Wildman–Crippen LogP) is 4.96. The monoisotopic (exact) mass is 332 g/mol. The van der Waals surface area contributed by atoms with Gasteiger partial charge in [-0.15, -0.1) is 0 Å². The molecule has 2 heteroatoms. The van der Waals surface area contributed by atoms with E-state index >= 15 is 0 Å². The summed E-state index contributed by atoms with van der Waals surface area (Å²) in [4.78, 5) is 0. The molecule has 0 bridgehead atoms. The van der Waals surface area contributed by atoms with Crippen LogP contribution in [0.1, 0.15) is 72.1 Å². The lowest BCUT2D eigenvalue weighted by Crippen LogP contribution is -2.55. The number of aliphatic hydroxyl groups is 1. The van der Waals surface area contributed by atoms with Crippen molar-refractivity contribution in [1.82, 2.24) is 0 Å². The van der Waals surface area contributed by atoms with Crippen LogP contribution in [0.3, 0.4) is 0 Å². The number of hydrogen-bond acceptors (Lipinski definition) is 2. The second-order valence-electron chi connectivity index (χ2n) is 9.77. The maximum absolute atomic E-state index is 10.8. The van der Waals surface area contributed by atoms with Crippen LogP contribution in [0.2, 0.25) is 0 Å². The third kappa shape index (κ3) is 2.35. The van der Waals surface area contributed by atoms with Crippen LogP contribution >= 0.6 is 0 Å². The summed E-state index contributed by atoms with van der Waals surface area (Å²) in [5, 5.41) is 10.8. The molecule has 24 heavy (non-hydrogen) atoms. The van der Waals surface area contributed by atoms with Crippen molar-refractivity contribution in [3.8, 4) is 0 Å². The number of ether oxygens (including phenoxy) is 1. The maximum Gasteiger partial charge on any atom is 0.0882 e. The summed E-state index contributed by atoms with van der Waals surface area (Å²) in [6.45, 7) is 6.81. The van der Waals surface area contributed by atoms with E-state index in [1.165, 1.54) is 38.5 Å². The average Bonchev–Trinajstić information content (AvgIpc) is 2.89. The summed E-state index contributed by atoms with van der Waals surface area (Å²) in [5.41, 5.74) is 1.61. The molecule has 0 aromatic carbocycles. The molecule has 4 fully saturated rings. The van der Waals surface area contributed by atoms with Crippen molar-refractivity contribution < 1.29 is 9.84 Å². The molecule has 0 amide bonds. The molecule has 136 valence electrons. The lowest BCUT2D eigenvalue weighted by atomic mass is 9.49. The Kier molecular flexibility index (Phi) is 4.16. The van der Waals surface area contributed by atoms with Gasteiger partial charge in [0.1, 0.15) is 0 Å². The topological polar surface area (TPSA) is 29.5 Å². The summed E-state index contributed by atoms with van der Waals surface area (Å²) in [5.74, 6) is 4.22. The van der Waals surface area contributed by atoms with Crippen LogP contribution in [0.5, 0.6) is 0 Å². The molecular formula is C22H36O2. The van der Waals surface area contributed by atoms with Gasteiger partial charge in [-0.25, -0.2) is 0 Å². The van der Waals surface area contributed by atoms with Gasteiger partial charge in [-0.1, -0.05) is 18.6 Å². The highest BCUT2D eigenvalue weighted by molar-refractivity contribution is 5.23. The van der Waals surface area contributed by atoms with Crippen LogP contribution in [0.4, 0.5) is 0 Å². The van der Waals surface area contributed by atoms with Crippen molar-refractivity contribution in [3.05, 3.63) is 11.6 Å². The first-order valence-corrected chi connectivity index (χ1v) is 10.3. The minimum atomic E-state index is -0.628. The van der Waals surface area contributed by atoms with Crippen LogP contribution in [-0.2, 0) is 4.74 Å². The number of rotatable bonds is 1. The number of allylic oxidation sites excluding steroid dienone is 2. The van der Waals surface area contributed by atoms with Crippen molar-refractivity contribution in [2.45, 2.75) is 83.8 Å². The molecule has 4 rings (SSSR count). The predicted molar refractivity (Wildman–Crippen MR) is 97.7 cm³/mol. The summed E-state index contributed by atoms with van der Waals surface area (Å²) in [7, 11) is 1.78. The molecule has 1 N–H and O–H groups in total. The fourth-order valence-electron chi connectivity index (χ4n) is 7.69. The molecule has 4 aliphatic carbocycles. The summed E-state index contributed by atoms with van der Waals surface area (Å²) >= 11 is 0. The van der Waals surface area contributed by atoms with Crippen LogP contribution in [0.25, 0.3) is 0 Å². The second-order valence-corrected chi connectivity index (χ2v) is 9.77. The van der Waals surface area contributed by atoms with Crippen LogP contribution in [0, 0.1) is 35.0 Å². The second kappa shape index (κ2) is 5.84. The van der Waals surface area contributed by atoms with Gasteiger partial charge in [-0.3, -0.25) is 0 Å². The lowest BCUT2D eigenvalue weighted by Gasteiger charge is -2.57. The first-order valence-electron chi connectivity index (χ1n) is 10.3. The molecule has 0 spiro atoms. The molecule has 0 aromatic heterocycles. The van der Waals surface area contributed by atoms with Gasteiger partial charge in [-0.05, 0) is 100 Å². The zero-order valence-corrected chi connectivity index (χ0v) is 16.1. The molecule has 0 aliphatic heterocycles. The van der Waals surface area contributed by atoms with E-state index in [1.54, 1.807) is 12.7 Å². The first kappa shape index (κ1) is 17.1. The highest BCUT2D eigenvalue weighted by Crippen LogP contribution is 2.64. The van der Waals surface area contributed by atoms with E-state index in [0.717, 1.165) is 42.4 Å². The lowest BCUT2D eigenvalue weighted by molar-refractivity contribution is -0.161. The Morgan fingerprint density at radius 3 is 2.58 bits per heavy atom. The quantitative estimate of drug-likeness (QED) is 0.688. The molecule has 0 unspecified atom stereocenters. The number of hydrogen-bond donors (Lipinski definition) is 1. The Balaban J connectivity index is 1.58. The van der Waals surface area contributed by atoms with E-state index in [4.69, 9.17) is 4.74 Å². The first-order chi connectivity index (χ1) is 11.4. The van der Waals surface area contributed by atoms with Gasteiger partial charge in [0.2, 0.25) is 0 Å². The molecule has 4 saturated carbocycles. The third-order valence-electron chi connectivity index (χ3n) is 8.85. The zero-order chi connectivity index (χ0) is 17.1. The van der Waals surface area contributed by atoms with Gasteiger partial charge < -0.3 is 9.84 Å². The van der Waals surface area contributed by atoms with Crippen LogP contribution in [-0.4, -0.2) is 23.9 Å². The van der Waals surface area contributed by atoms with E-state index in [0.29, 0.717) is 5.41 Å². The third-order valence-corrected chi connectivity index (χ3v) is 8.85. The molecular weight excluding hydrogens is 296 g/mol. The van der Waals surface area contributed by atoms with E-state index in [9.17, 15) is 5.11 Å². The Hall–Kier alpha value is -0.340. The Morgan fingerprint density at radius 2 is 1.88 bits per heavy atom. The van der Waals surface area contributed by atoms with Gasteiger partial charge in [0.15, 0.2) is 0 Å². The van der Waals surface area contributed by atoms with Crippen molar-refractivity contribution in [2.24, 2.45) is 35.0 Å². The smallest absolute Gasteiger partial charge is 0.0882 e. The highest BCUT2D eigenvalue weighted by atomic mass is 16.5. The number of methoxy groups -OCH3 is 1. The van der Waals surface area contributed by atoms with E-state index in [1.807, 2.05) is 6.92 Å². The van der Waals surface area contributed by atoms with Crippen molar-refractivity contribution in [1.29, 1.82) is 0 Å². The molecule has 0 heterocycles. The SMILES string of the molecule is C/C=C1/CC[C@H]2[C@@H]3CC[C@H]4C[C@](C)(O)[C@@H](OC)C[C@@H]4[C@H]3CC[C@]12C. The normalized spacial score (nSPS) is 55.8. The standard InChI is InChI=1S/C22H36O2/c1-5-15-7-9-19-17-8-6-14-13-22(3,23)20(24-4)12-18(14)16(17)10-11-21(15,19)2/h5,14,16-20,23H,6-13H2,1-4H3/b15-5-/t14-,16-,17+,18-,19-,20-,21+,22-/m0/s1. The largest absolute Gasteiger partial charge is 0.387 e. The summed E-state index contributed by atoms with van der Waals surface area (Å²) in [6.07, 6.45) is 12.7.